The summed E-state index contributed by atoms with van der Waals surface area (Å²) in [5.41, 5.74) is 6.13. The summed E-state index contributed by atoms with van der Waals surface area (Å²) < 4.78 is 100. The van der Waals surface area contributed by atoms with Gasteiger partial charge in [0, 0.05) is 0 Å². The van der Waals surface area contributed by atoms with E-state index in [9.17, 15) is 0 Å². The zero-order valence-corrected chi connectivity index (χ0v) is 60.3. The Morgan fingerprint density at radius 1 is 0.275 bits per heavy atom. The van der Waals surface area contributed by atoms with Crippen LogP contribution in [0.2, 0.25) is 0 Å². The van der Waals surface area contributed by atoms with Gasteiger partial charge in [-0.15, -0.1) is 13.2 Å². The molecular formula is C89H88N2O18. The molecule has 0 spiro atoms. The van der Waals surface area contributed by atoms with Crippen LogP contribution in [0.1, 0.15) is 80.4 Å². The van der Waals surface area contributed by atoms with E-state index in [2.05, 4.69) is 13.2 Å². The van der Waals surface area contributed by atoms with Crippen molar-refractivity contribution in [1.82, 2.24) is 9.80 Å². The molecular weight excluding hydrogens is 1380 g/mol. The van der Waals surface area contributed by atoms with E-state index in [1.54, 1.807) is 60.7 Å². The summed E-state index contributed by atoms with van der Waals surface area (Å²) in [5, 5.41) is 0. The lowest BCUT2D eigenvalue weighted by atomic mass is 9.92. The molecule has 5 heterocycles. The fourth-order valence-electron chi connectivity index (χ4n) is 14.5. The number of fused-ring (bicyclic) bond motifs is 2. The number of carbonyl (C=O) groups is 4. The van der Waals surface area contributed by atoms with Crippen molar-refractivity contribution in [3.05, 3.63) is 347 Å². The zero-order valence-electron chi connectivity index (χ0n) is 60.3. The minimum atomic E-state index is -1.76. The average molecular weight is 1470 g/mol. The highest BCUT2D eigenvalue weighted by atomic mass is 16.8. The molecule has 14 rings (SSSR count). The number of rotatable bonds is 36. The smallest absolute Gasteiger partial charge is 0.262 e. The first-order chi connectivity index (χ1) is 53.7. The van der Waals surface area contributed by atoms with E-state index in [1.807, 2.05) is 212 Å². The number of hydrogen-bond acceptors (Lipinski definition) is 18. The van der Waals surface area contributed by atoms with Crippen LogP contribution in [0.4, 0.5) is 0 Å². The first-order valence-corrected chi connectivity index (χ1v) is 36.8. The quantitative estimate of drug-likeness (QED) is 0.0203. The Morgan fingerprint density at radius 2 is 0.560 bits per heavy atom. The second-order valence-corrected chi connectivity index (χ2v) is 27.1. The number of hydrogen-bond donors (Lipinski definition) is 0. The van der Waals surface area contributed by atoms with Crippen molar-refractivity contribution in [2.24, 2.45) is 0 Å². The van der Waals surface area contributed by atoms with Crippen LogP contribution in [-0.2, 0) is 113 Å². The molecule has 20 nitrogen and oxygen atoms in total. The molecule has 4 amide bonds. The molecule has 9 aromatic carbocycles. The lowest BCUT2D eigenvalue weighted by Crippen LogP contribution is -2.71. The monoisotopic (exact) mass is 1470 g/mol. The van der Waals surface area contributed by atoms with Gasteiger partial charge < -0.3 is 66.3 Å². The van der Waals surface area contributed by atoms with Crippen LogP contribution in [-0.4, -0.2) is 158 Å². The van der Waals surface area contributed by atoms with E-state index in [0.717, 1.165) is 43.2 Å². The molecule has 5 aliphatic rings. The SMILES string of the molecule is C=CCOCC1OC(OC2C(COCc3ccccc3)OC(OC3C(COCc4ccccc4)OC(OCc4ccccc4)C(N4C(=O)c5ccccc5C4=O)C3OCc3ccccc3)C(N3C(=O)c4ccccc4C3=O)C2OCc2ccccc2)C(OCc2ccccc2)C(OCC=C)C1OCc1ccccc1. The van der Waals surface area contributed by atoms with Gasteiger partial charge in [-0.1, -0.05) is 249 Å². The summed E-state index contributed by atoms with van der Waals surface area (Å²) in [4.78, 5) is 65.0. The molecule has 109 heavy (non-hydrogen) atoms. The fraction of sp³-hybridized carbons (Fsp3) is 0.303. The summed E-state index contributed by atoms with van der Waals surface area (Å²) in [6.07, 6.45) is -13.5. The Balaban J connectivity index is 0.939. The molecule has 3 saturated heterocycles. The number of amides is 4. The second kappa shape index (κ2) is 37.5. The predicted molar refractivity (Wildman–Crippen MR) is 402 cm³/mol. The van der Waals surface area contributed by atoms with Crippen molar-refractivity contribution in [2.75, 3.05) is 33.0 Å². The van der Waals surface area contributed by atoms with Crippen LogP contribution >= 0.6 is 0 Å². The molecule has 0 N–H and O–H groups in total. The van der Waals surface area contributed by atoms with E-state index >= 15 is 19.2 Å². The highest BCUT2D eigenvalue weighted by Gasteiger charge is 2.62. The van der Waals surface area contributed by atoms with Crippen LogP contribution in [0.3, 0.4) is 0 Å². The van der Waals surface area contributed by atoms with Crippen LogP contribution < -0.4 is 0 Å². The molecule has 20 heteroatoms. The van der Waals surface area contributed by atoms with E-state index < -0.39 is 116 Å². The molecule has 15 atom stereocenters. The maximum atomic E-state index is 16.0. The van der Waals surface area contributed by atoms with Crippen LogP contribution in [0.15, 0.2) is 286 Å². The van der Waals surface area contributed by atoms with Crippen molar-refractivity contribution in [3.63, 3.8) is 0 Å². The predicted octanol–water partition coefficient (Wildman–Crippen LogP) is 13.0. The van der Waals surface area contributed by atoms with Gasteiger partial charge >= 0.3 is 0 Å². The minimum absolute atomic E-state index is 0.0340. The van der Waals surface area contributed by atoms with Gasteiger partial charge in [-0.3, -0.25) is 29.0 Å². The zero-order chi connectivity index (χ0) is 74.7. The van der Waals surface area contributed by atoms with Crippen molar-refractivity contribution in [1.29, 1.82) is 0 Å². The number of ether oxygens (including phenoxy) is 14. The van der Waals surface area contributed by atoms with E-state index in [1.165, 1.54) is 0 Å². The van der Waals surface area contributed by atoms with Gasteiger partial charge in [-0.2, -0.15) is 0 Å². The molecule has 0 bridgehead atoms. The van der Waals surface area contributed by atoms with Gasteiger partial charge in [0.1, 0.15) is 73.1 Å². The third kappa shape index (κ3) is 18.4. The number of nitrogens with zero attached hydrogens (tertiary/aromatic N) is 2. The largest absolute Gasteiger partial charge is 0.375 e. The Bertz CT molecular complexity index is 4350. The highest BCUT2D eigenvalue weighted by Crippen LogP contribution is 2.43. The minimum Gasteiger partial charge on any atom is -0.375 e. The first-order valence-electron chi connectivity index (χ1n) is 36.8. The van der Waals surface area contributed by atoms with Crippen LogP contribution in [0.25, 0.3) is 0 Å². The lowest BCUT2D eigenvalue weighted by molar-refractivity contribution is -0.379. The van der Waals surface area contributed by atoms with Gasteiger partial charge in [0.05, 0.1) is 102 Å². The highest BCUT2D eigenvalue weighted by molar-refractivity contribution is 6.22. The Morgan fingerprint density at radius 3 is 0.936 bits per heavy atom. The standard InChI is InChI=1S/C89H88N2O18/c1-3-48-96-57-71-76(100-52-62-34-16-7-17-35-62)81(99-49-4-2)82(103-55-65-40-22-10-23-41-65)89(107-71)109-78-73(59-98-51-61-32-14-6-15-33-61)106-88(75(80(78)102-54-64-38-20-9-21-39-64)91-85(94)69-46-28-29-47-70(69)86(91)95)108-77-72(58-97-50-60-30-12-5-13-31-60)105-87(104-56-66-42-24-11-25-43-66)74(79(77)101-53-63-36-18-8-19-37-63)90-83(92)67-44-26-27-45-68(67)84(90)93/h3-47,71-82,87-89H,1-2,48-59H2. The molecule has 5 aliphatic heterocycles. The van der Waals surface area contributed by atoms with Crippen molar-refractivity contribution in [3.8, 4) is 0 Å². The average Bonchev–Trinajstić information content (AvgIpc) is 1.70. The van der Waals surface area contributed by atoms with Crippen LogP contribution in [0, 0.1) is 0 Å². The molecule has 0 radical (unpaired) electrons. The van der Waals surface area contributed by atoms with E-state index in [0.29, 0.717) is 5.56 Å². The van der Waals surface area contributed by atoms with Crippen LogP contribution in [0.5, 0.6) is 0 Å². The third-order valence-corrected chi connectivity index (χ3v) is 19.8. The van der Waals surface area contributed by atoms with Gasteiger partial charge in [-0.25, -0.2) is 0 Å². The number of benzene rings is 9. The Hall–Kier alpha value is -9.82. The summed E-state index contributed by atoms with van der Waals surface area (Å²) >= 11 is 0. The molecule has 9 aromatic rings. The van der Waals surface area contributed by atoms with Crippen molar-refractivity contribution < 1.29 is 85.5 Å². The maximum absolute atomic E-state index is 16.0. The van der Waals surface area contributed by atoms with Gasteiger partial charge in [0.15, 0.2) is 18.9 Å². The molecule has 0 aliphatic carbocycles. The fourth-order valence-corrected chi connectivity index (χ4v) is 14.5. The summed E-state index contributed by atoms with van der Waals surface area (Å²) in [6.45, 7) is 7.81. The molecule has 0 aromatic heterocycles. The molecule has 0 saturated carbocycles. The van der Waals surface area contributed by atoms with Crippen molar-refractivity contribution >= 4 is 23.6 Å². The lowest BCUT2D eigenvalue weighted by Gasteiger charge is -2.53. The third-order valence-electron chi connectivity index (χ3n) is 19.8. The summed E-state index contributed by atoms with van der Waals surface area (Å²) in [5.74, 6) is -2.65. The summed E-state index contributed by atoms with van der Waals surface area (Å²) in [7, 11) is 0. The van der Waals surface area contributed by atoms with E-state index in [4.69, 9.17) is 66.3 Å². The maximum Gasteiger partial charge on any atom is 0.262 e. The Kier molecular flexibility index (Phi) is 26.2. The van der Waals surface area contributed by atoms with Gasteiger partial charge in [0.25, 0.3) is 23.6 Å². The molecule has 562 valence electrons. The molecule has 3 fully saturated rings. The first kappa shape index (κ1) is 76.0. The summed E-state index contributed by atoms with van der Waals surface area (Å²) in [6, 6.07) is 76.9. The van der Waals surface area contributed by atoms with Crippen molar-refractivity contribution in [2.45, 2.75) is 138 Å². The van der Waals surface area contributed by atoms with E-state index in [-0.39, 0.29) is 102 Å². The van der Waals surface area contributed by atoms with Gasteiger partial charge in [0.2, 0.25) is 0 Å². The second-order valence-electron chi connectivity index (χ2n) is 27.1. The van der Waals surface area contributed by atoms with Gasteiger partial charge in [-0.05, 0) is 63.2 Å². The molecule has 15 unspecified atom stereocenters. The number of carbonyl (C=O) groups excluding carboxylic acids is 4. The Labute approximate surface area is 634 Å². The normalized spacial score (nSPS) is 25.3. The number of imide groups is 2. The topological polar surface area (TPSA) is 204 Å².